The summed E-state index contributed by atoms with van der Waals surface area (Å²) in [5.41, 5.74) is 7.89. The van der Waals surface area contributed by atoms with Crippen LogP contribution in [0.15, 0.2) is 132 Å². The highest BCUT2D eigenvalue weighted by Crippen LogP contribution is 2.39. The quantitative estimate of drug-likeness (QED) is 0.252. The van der Waals surface area contributed by atoms with Gasteiger partial charge in [0.15, 0.2) is 0 Å². The van der Waals surface area contributed by atoms with Crippen molar-refractivity contribution in [1.29, 1.82) is 0 Å². The highest BCUT2D eigenvalue weighted by atomic mass is 16.3. The fourth-order valence-corrected chi connectivity index (χ4v) is 5.74. The van der Waals surface area contributed by atoms with Crippen LogP contribution in [0.25, 0.3) is 71.3 Å². The SMILES string of the molecule is c1ccc(-c2cccc3cc(-n4c5ccccc5c5cc6oc7ccccc7c6cc54)ccc23)cc1. The van der Waals surface area contributed by atoms with Gasteiger partial charge in [0, 0.05) is 27.2 Å². The molecule has 0 saturated heterocycles. The van der Waals surface area contributed by atoms with E-state index < -0.39 is 0 Å². The molecule has 168 valence electrons. The van der Waals surface area contributed by atoms with Gasteiger partial charge >= 0.3 is 0 Å². The van der Waals surface area contributed by atoms with Gasteiger partial charge in [-0.2, -0.15) is 0 Å². The van der Waals surface area contributed by atoms with E-state index in [-0.39, 0.29) is 0 Å². The Morgan fingerprint density at radius 3 is 2.17 bits per heavy atom. The van der Waals surface area contributed by atoms with Gasteiger partial charge in [0.25, 0.3) is 0 Å². The minimum absolute atomic E-state index is 0.926. The molecule has 0 saturated carbocycles. The predicted molar refractivity (Wildman–Crippen MR) is 151 cm³/mol. The molecule has 2 heteroatoms. The summed E-state index contributed by atoms with van der Waals surface area (Å²) in [4.78, 5) is 0. The van der Waals surface area contributed by atoms with Gasteiger partial charge in [-0.1, -0.05) is 91.0 Å². The smallest absolute Gasteiger partial charge is 0.136 e. The number of nitrogens with zero attached hydrogens (tertiary/aromatic N) is 1. The maximum Gasteiger partial charge on any atom is 0.136 e. The summed E-state index contributed by atoms with van der Waals surface area (Å²) in [6.45, 7) is 0. The van der Waals surface area contributed by atoms with Gasteiger partial charge in [-0.25, -0.2) is 0 Å². The summed E-state index contributed by atoms with van der Waals surface area (Å²) in [6.07, 6.45) is 0. The Kier molecular flexibility index (Phi) is 3.97. The van der Waals surface area contributed by atoms with Crippen molar-refractivity contribution < 1.29 is 4.42 Å². The second-order valence-electron chi connectivity index (χ2n) is 9.39. The molecule has 36 heavy (non-hydrogen) atoms. The monoisotopic (exact) mass is 459 g/mol. The lowest BCUT2D eigenvalue weighted by Crippen LogP contribution is -1.94. The highest BCUT2D eigenvalue weighted by molar-refractivity contribution is 6.17. The Bertz CT molecular complexity index is 2090. The van der Waals surface area contributed by atoms with Gasteiger partial charge in [-0.15, -0.1) is 0 Å². The van der Waals surface area contributed by atoms with Crippen LogP contribution in [0.1, 0.15) is 0 Å². The molecule has 0 fully saturated rings. The third kappa shape index (κ3) is 2.73. The van der Waals surface area contributed by atoms with Crippen molar-refractivity contribution in [3.8, 4) is 16.8 Å². The number of fused-ring (bicyclic) bond motifs is 7. The van der Waals surface area contributed by atoms with E-state index >= 15 is 0 Å². The maximum absolute atomic E-state index is 6.23. The molecule has 2 heterocycles. The van der Waals surface area contributed by atoms with E-state index in [1.807, 2.05) is 12.1 Å². The Hall–Kier alpha value is -4.82. The Labute approximate surface area is 207 Å². The molecule has 0 radical (unpaired) electrons. The number of hydrogen-bond donors (Lipinski definition) is 0. The largest absolute Gasteiger partial charge is 0.456 e. The van der Waals surface area contributed by atoms with Crippen LogP contribution in [0.5, 0.6) is 0 Å². The van der Waals surface area contributed by atoms with E-state index in [1.54, 1.807) is 0 Å². The van der Waals surface area contributed by atoms with Crippen molar-refractivity contribution in [2.45, 2.75) is 0 Å². The molecule has 0 N–H and O–H groups in total. The van der Waals surface area contributed by atoms with Crippen molar-refractivity contribution >= 4 is 54.5 Å². The number of furan rings is 1. The van der Waals surface area contributed by atoms with Crippen LogP contribution in [0.2, 0.25) is 0 Å². The first-order valence-corrected chi connectivity index (χ1v) is 12.3. The number of aromatic nitrogens is 1. The van der Waals surface area contributed by atoms with Crippen LogP contribution in [0.3, 0.4) is 0 Å². The first-order chi connectivity index (χ1) is 17.8. The van der Waals surface area contributed by atoms with Crippen LogP contribution in [0, 0.1) is 0 Å². The van der Waals surface area contributed by atoms with Gasteiger partial charge in [0.1, 0.15) is 11.2 Å². The second kappa shape index (κ2) is 7.34. The van der Waals surface area contributed by atoms with Crippen molar-refractivity contribution in [3.63, 3.8) is 0 Å². The van der Waals surface area contributed by atoms with Crippen LogP contribution >= 0.6 is 0 Å². The average Bonchev–Trinajstić information content (AvgIpc) is 3.46. The fourth-order valence-electron chi connectivity index (χ4n) is 5.74. The summed E-state index contributed by atoms with van der Waals surface area (Å²) in [7, 11) is 0. The minimum atomic E-state index is 0.926. The van der Waals surface area contributed by atoms with Crippen molar-refractivity contribution in [3.05, 3.63) is 127 Å². The summed E-state index contributed by atoms with van der Waals surface area (Å²) < 4.78 is 8.62. The van der Waals surface area contributed by atoms with E-state index in [2.05, 4.69) is 120 Å². The molecule has 6 aromatic carbocycles. The normalized spacial score (nSPS) is 11.9. The third-order valence-corrected chi connectivity index (χ3v) is 7.38. The Balaban J connectivity index is 1.44. The summed E-state index contributed by atoms with van der Waals surface area (Å²) in [5, 5.41) is 7.22. The number of hydrogen-bond acceptors (Lipinski definition) is 1. The van der Waals surface area contributed by atoms with Crippen LogP contribution in [-0.2, 0) is 0 Å². The molecule has 2 aromatic heterocycles. The zero-order valence-electron chi connectivity index (χ0n) is 19.5. The van der Waals surface area contributed by atoms with E-state index in [0.717, 1.165) is 27.6 Å². The second-order valence-corrected chi connectivity index (χ2v) is 9.39. The molecule has 2 nitrogen and oxygen atoms in total. The Morgan fingerprint density at radius 2 is 1.25 bits per heavy atom. The Morgan fingerprint density at radius 1 is 0.444 bits per heavy atom. The molecule has 0 unspecified atom stereocenters. The molecule has 0 spiro atoms. The molecule has 8 rings (SSSR count). The fraction of sp³-hybridized carbons (Fsp3) is 0. The lowest BCUT2D eigenvalue weighted by Gasteiger charge is -2.12. The van der Waals surface area contributed by atoms with Crippen LogP contribution in [-0.4, -0.2) is 4.57 Å². The summed E-state index contributed by atoms with van der Waals surface area (Å²) in [6, 6.07) is 45.4. The third-order valence-electron chi connectivity index (χ3n) is 7.38. The van der Waals surface area contributed by atoms with Crippen LogP contribution in [0.4, 0.5) is 0 Å². The van der Waals surface area contributed by atoms with Gasteiger partial charge in [-0.05, 0) is 58.3 Å². The first-order valence-electron chi connectivity index (χ1n) is 12.3. The molecule has 0 aliphatic rings. The molecule has 0 aliphatic carbocycles. The van der Waals surface area contributed by atoms with Gasteiger partial charge in [0.05, 0.1) is 11.0 Å². The van der Waals surface area contributed by atoms with Gasteiger partial charge < -0.3 is 8.98 Å². The lowest BCUT2D eigenvalue weighted by atomic mass is 9.98. The zero-order chi connectivity index (χ0) is 23.6. The van der Waals surface area contributed by atoms with Crippen molar-refractivity contribution in [2.24, 2.45) is 0 Å². The standard InChI is InChI=1S/C34H21NO/c1-2-9-22(10-3-1)25-14-8-11-23-19-24(17-18-26(23)25)35-31-15-6-4-12-27(31)29-21-34-30(20-32(29)35)28-13-5-7-16-33(28)36-34/h1-21H. The van der Waals surface area contributed by atoms with E-state index in [4.69, 9.17) is 4.42 Å². The topological polar surface area (TPSA) is 18.1 Å². The summed E-state index contributed by atoms with van der Waals surface area (Å²) in [5.74, 6) is 0. The molecule has 0 aliphatic heterocycles. The average molecular weight is 460 g/mol. The van der Waals surface area contributed by atoms with Gasteiger partial charge in [0.2, 0.25) is 0 Å². The number of rotatable bonds is 2. The van der Waals surface area contributed by atoms with Crippen molar-refractivity contribution in [2.75, 3.05) is 0 Å². The molecule has 8 aromatic rings. The molecule has 0 amide bonds. The van der Waals surface area contributed by atoms with E-state index in [0.29, 0.717) is 0 Å². The number of para-hydroxylation sites is 2. The lowest BCUT2D eigenvalue weighted by molar-refractivity contribution is 0.669. The summed E-state index contributed by atoms with van der Waals surface area (Å²) >= 11 is 0. The van der Waals surface area contributed by atoms with E-state index in [9.17, 15) is 0 Å². The number of benzene rings is 6. The minimum Gasteiger partial charge on any atom is -0.456 e. The molecular formula is C34H21NO. The van der Waals surface area contributed by atoms with E-state index in [1.165, 1.54) is 43.7 Å². The molecular weight excluding hydrogens is 438 g/mol. The first kappa shape index (κ1) is 19.5. The van der Waals surface area contributed by atoms with Crippen molar-refractivity contribution in [1.82, 2.24) is 4.57 Å². The zero-order valence-corrected chi connectivity index (χ0v) is 19.5. The predicted octanol–water partition coefficient (Wildman–Crippen LogP) is 9.50. The van der Waals surface area contributed by atoms with Gasteiger partial charge in [-0.3, -0.25) is 0 Å². The molecule has 0 bridgehead atoms. The molecule has 0 atom stereocenters. The van der Waals surface area contributed by atoms with Crippen LogP contribution < -0.4 is 0 Å². The highest BCUT2D eigenvalue weighted by Gasteiger charge is 2.16. The maximum atomic E-state index is 6.23.